The molecule has 1 unspecified atom stereocenters. The van der Waals surface area contributed by atoms with Crippen molar-refractivity contribution in [3.63, 3.8) is 0 Å². The lowest BCUT2D eigenvalue weighted by molar-refractivity contribution is -0.141. The molecule has 0 aliphatic heterocycles. The van der Waals surface area contributed by atoms with E-state index in [2.05, 4.69) is 0 Å². The zero-order chi connectivity index (χ0) is 17.0. The van der Waals surface area contributed by atoms with E-state index in [-0.39, 0.29) is 11.4 Å². The molecule has 0 saturated heterocycles. The largest absolute Gasteiger partial charge is 0.480 e. The van der Waals surface area contributed by atoms with Crippen LogP contribution in [0.15, 0.2) is 59.5 Å². The van der Waals surface area contributed by atoms with Gasteiger partial charge in [-0.1, -0.05) is 41.9 Å². The number of carbonyl (C=O) groups is 1. The molecule has 2 aromatic carbocycles. The van der Waals surface area contributed by atoms with Crippen molar-refractivity contribution in [3.8, 4) is 0 Å². The number of aliphatic carboxylic acids is 1. The molecule has 0 spiro atoms. The Bertz CT molecular complexity index is 775. The molecule has 0 aliphatic rings. The van der Waals surface area contributed by atoms with Crippen molar-refractivity contribution in [3.05, 3.63) is 65.2 Å². The fourth-order valence-corrected chi connectivity index (χ4v) is 3.76. The quantitative estimate of drug-likeness (QED) is 0.866. The predicted molar refractivity (Wildman–Crippen MR) is 87.7 cm³/mol. The number of nitrogens with zero attached hydrogens (tertiary/aromatic N) is 1. The molecule has 122 valence electrons. The van der Waals surface area contributed by atoms with E-state index >= 15 is 0 Å². The molecular formula is C16H16ClNO4S. The average molecular weight is 354 g/mol. The van der Waals surface area contributed by atoms with Crippen molar-refractivity contribution < 1.29 is 18.3 Å². The standard InChI is InChI=1S/C16H16ClNO4S/c1-12(16(19)20)18(11-13-5-3-2-4-6-13)23(21,22)15-9-7-14(17)8-10-15/h2-10,12H,11H2,1H3,(H,19,20). The molecule has 0 fully saturated rings. The molecule has 7 heteroatoms. The smallest absolute Gasteiger partial charge is 0.321 e. The van der Waals surface area contributed by atoms with E-state index in [4.69, 9.17) is 11.6 Å². The summed E-state index contributed by atoms with van der Waals surface area (Å²) in [5, 5.41) is 9.66. The molecule has 2 rings (SSSR count). The zero-order valence-electron chi connectivity index (χ0n) is 12.4. The zero-order valence-corrected chi connectivity index (χ0v) is 14.0. The summed E-state index contributed by atoms with van der Waals surface area (Å²) in [6.45, 7) is 1.32. The van der Waals surface area contributed by atoms with E-state index in [1.54, 1.807) is 24.3 Å². The molecule has 2 aromatic rings. The maximum atomic E-state index is 12.8. The summed E-state index contributed by atoms with van der Waals surface area (Å²) >= 11 is 5.78. The second-order valence-electron chi connectivity index (χ2n) is 5.00. The van der Waals surface area contributed by atoms with Gasteiger partial charge < -0.3 is 5.11 Å². The Hall–Kier alpha value is -1.89. The summed E-state index contributed by atoms with van der Waals surface area (Å²) in [4.78, 5) is 11.3. The Morgan fingerprint density at radius 1 is 1.13 bits per heavy atom. The van der Waals surface area contributed by atoms with Crippen LogP contribution >= 0.6 is 11.6 Å². The van der Waals surface area contributed by atoms with Crippen LogP contribution < -0.4 is 0 Å². The molecular weight excluding hydrogens is 338 g/mol. The highest BCUT2D eigenvalue weighted by atomic mass is 35.5. The molecule has 0 saturated carbocycles. The normalized spacial score (nSPS) is 13.0. The van der Waals surface area contributed by atoms with Crippen molar-refractivity contribution >= 4 is 27.6 Å². The molecule has 0 amide bonds. The van der Waals surface area contributed by atoms with Gasteiger partial charge in [0, 0.05) is 11.6 Å². The molecule has 0 radical (unpaired) electrons. The summed E-state index contributed by atoms with van der Waals surface area (Å²) in [6, 6.07) is 13.3. The number of rotatable bonds is 6. The second-order valence-corrected chi connectivity index (χ2v) is 7.33. The molecule has 5 nitrogen and oxygen atoms in total. The van der Waals surface area contributed by atoms with Crippen LogP contribution in [0.25, 0.3) is 0 Å². The first kappa shape index (κ1) is 17.5. The first-order chi connectivity index (χ1) is 10.8. The monoisotopic (exact) mass is 353 g/mol. The van der Waals surface area contributed by atoms with Crippen molar-refractivity contribution in [2.45, 2.75) is 24.4 Å². The van der Waals surface area contributed by atoms with Crippen LogP contribution in [0.1, 0.15) is 12.5 Å². The van der Waals surface area contributed by atoms with Gasteiger partial charge in [-0.25, -0.2) is 8.42 Å². The van der Waals surface area contributed by atoms with E-state index in [1.165, 1.54) is 31.2 Å². The Morgan fingerprint density at radius 3 is 2.22 bits per heavy atom. The fraction of sp³-hybridized carbons (Fsp3) is 0.188. The summed E-state index contributed by atoms with van der Waals surface area (Å²) in [5.74, 6) is -1.21. The molecule has 1 N–H and O–H groups in total. The predicted octanol–water partition coefficient (Wildman–Crippen LogP) is 3.00. The molecule has 0 bridgehead atoms. The average Bonchev–Trinajstić information content (AvgIpc) is 2.53. The van der Waals surface area contributed by atoms with Crippen LogP contribution in [0.4, 0.5) is 0 Å². The Balaban J connectivity index is 2.43. The third-order valence-electron chi connectivity index (χ3n) is 3.39. The van der Waals surface area contributed by atoms with Gasteiger partial charge in [0.25, 0.3) is 0 Å². The lowest BCUT2D eigenvalue weighted by Gasteiger charge is -2.26. The first-order valence-electron chi connectivity index (χ1n) is 6.86. The number of carboxylic acid groups (broad SMARTS) is 1. The van der Waals surface area contributed by atoms with Crippen molar-refractivity contribution in [2.24, 2.45) is 0 Å². The molecule has 1 atom stereocenters. The number of halogens is 1. The number of benzene rings is 2. The maximum absolute atomic E-state index is 12.8. The van der Waals surface area contributed by atoms with Crippen molar-refractivity contribution in [2.75, 3.05) is 0 Å². The highest BCUT2D eigenvalue weighted by Crippen LogP contribution is 2.22. The van der Waals surface area contributed by atoms with Gasteiger partial charge in [-0.15, -0.1) is 0 Å². The van der Waals surface area contributed by atoms with Gasteiger partial charge in [-0.3, -0.25) is 4.79 Å². The van der Waals surface area contributed by atoms with Gasteiger partial charge in [0.1, 0.15) is 6.04 Å². The van der Waals surface area contributed by atoms with Crippen LogP contribution in [0, 0.1) is 0 Å². The Labute approximate surface area is 140 Å². The first-order valence-corrected chi connectivity index (χ1v) is 8.68. The van der Waals surface area contributed by atoms with Gasteiger partial charge >= 0.3 is 5.97 Å². The molecule has 0 heterocycles. The van der Waals surface area contributed by atoms with E-state index < -0.39 is 22.0 Å². The van der Waals surface area contributed by atoms with Gasteiger partial charge in [0.2, 0.25) is 10.0 Å². The highest BCUT2D eigenvalue weighted by Gasteiger charge is 2.33. The van der Waals surface area contributed by atoms with Gasteiger partial charge in [0.15, 0.2) is 0 Å². The summed E-state index contributed by atoms with van der Waals surface area (Å²) < 4.78 is 26.6. The number of sulfonamides is 1. The minimum absolute atomic E-state index is 0.00549. The van der Waals surface area contributed by atoms with E-state index in [0.29, 0.717) is 10.6 Å². The lowest BCUT2D eigenvalue weighted by atomic mass is 10.2. The van der Waals surface area contributed by atoms with Crippen molar-refractivity contribution in [1.82, 2.24) is 4.31 Å². The maximum Gasteiger partial charge on any atom is 0.321 e. The van der Waals surface area contributed by atoms with E-state index in [0.717, 1.165) is 4.31 Å². The van der Waals surface area contributed by atoms with Crippen LogP contribution in [0.5, 0.6) is 0 Å². The fourth-order valence-electron chi connectivity index (χ4n) is 2.06. The van der Waals surface area contributed by atoms with Gasteiger partial charge in [-0.05, 0) is 36.8 Å². The molecule has 0 aromatic heterocycles. The van der Waals surface area contributed by atoms with Crippen molar-refractivity contribution in [1.29, 1.82) is 0 Å². The SMILES string of the molecule is CC(C(=O)O)N(Cc1ccccc1)S(=O)(=O)c1ccc(Cl)cc1. The van der Waals surface area contributed by atoms with E-state index in [9.17, 15) is 18.3 Å². The molecule has 23 heavy (non-hydrogen) atoms. The number of hydrogen-bond donors (Lipinski definition) is 1. The topological polar surface area (TPSA) is 74.7 Å². The summed E-state index contributed by atoms with van der Waals surface area (Å²) in [6.07, 6.45) is 0. The third kappa shape index (κ3) is 4.10. The highest BCUT2D eigenvalue weighted by molar-refractivity contribution is 7.89. The summed E-state index contributed by atoms with van der Waals surface area (Å²) in [5.41, 5.74) is 0.707. The van der Waals surface area contributed by atoms with Gasteiger partial charge in [-0.2, -0.15) is 4.31 Å². The number of carboxylic acids is 1. The third-order valence-corrected chi connectivity index (χ3v) is 5.57. The molecule has 0 aliphatic carbocycles. The van der Waals surface area contributed by atoms with Crippen LogP contribution in [-0.2, 0) is 21.4 Å². The van der Waals surface area contributed by atoms with Crippen LogP contribution in [0.3, 0.4) is 0 Å². The second kappa shape index (κ2) is 7.12. The minimum atomic E-state index is -3.97. The van der Waals surface area contributed by atoms with Crippen LogP contribution in [-0.4, -0.2) is 29.8 Å². The minimum Gasteiger partial charge on any atom is -0.480 e. The Morgan fingerprint density at radius 2 is 1.70 bits per heavy atom. The lowest BCUT2D eigenvalue weighted by Crippen LogP contribution is -2.42. The van der Waals surface area contributed by atoms with Gasteiger partial charge in [0.05, 0.1) is 4.90 Å². The number of hydrogen-bond acceptors (Lipinski definition) is 3. The summed E-state index contributed by atoms with van der Waals surface area (Å²) in [7, 11) is -3.97. The van der Waals surface area contributed by atoms with Crippen LogP contribution in [0.2, 0.25) is 5.02 Å². The Kier molecular flexibility index (Phi) is 5.41. The van der Waals surface area contributed by atoms with E-state index in [1.807, 2.05) is 6.07 Å².